The van der Waals surface area contributed by atoms with Crippen molar-refractivity contribution in [2.45, 2.75) is 90.7 Å². The fourth-order valence-corrected chi connectivity index (χ4v) is 3.47. The molecule has 1 unspecified atom stereocenters. The lowest BCUT2D eigenvalue weighted by molar-refractivity contribution is -0.133. The lowest BCUT2D eigenvalue weighted by Crippen LogP contribution is -2.37. The highest BCUT2D eigenvalue weighted by Gasteiger charge is 2.19. The van der Waals surface area contributed by atoms with Crippen molar-refractivity contribution in [2.75, 3.05) is 6.61 Å². The van der Waals surface area contributed by atoms with Crippen LogP contribution in [0.25, 0.3) is 0 Å². The number of unbranched alkanes of at least 4 members (excludes halogenated alkanes) is 2. The largest absolute Gasteiger partial charge is 0.368 e. The third-order valence-corrected chi connectivity index (χ3v) is 5.56. The predicted octanol–water partition coefficient (Wildman–Crippen LogP) is 8.58. The van der Waals surface area contributed by atoms with Gasteiger partial charge in [-0.2, -0.15) is 0 Å². The normalized spacial score (nSPS) is 14.1. The van der Waals surface area contributed by atoms with Crippen LogP contribution >= 0.6 is 0 Å². The molecule has 1 rings (SSSR count). The number of carbonyl (C=O) groups excluding carboxylic acids is 1. The summed E-state index contributed by atoms with van der Waals surface area (Å²) in [5.74, 6) is -0.0262. The van der Waals surface area contributed by atoms with Crippen LogP contribution < -0.4 is 5.32 Å². The number of benzene rings is 1. The Labute approximate surface area is 214 Å². The molecule has 0 aliphatic carbocycles. The zero-order valence-electron chi connectivity index (χ0n) is 22.2. The van der Waals surface area contributed by atoms with Crippen molar-refractivity contribution in [2.24, 2.45) is 0 Å². The summed E-state index contributed by atoms with van der Waals surface area (Å²) < 4.78 is 5.86. The topological polar surface area (TPSA) is 38.3 Å². The summed E-state index contributed by atoms with van der Waals surface area (Å²) in [6.07, 6.45) is 30.7. The molecule has 3 heteroatoms. The molecule has 1 N–H and O–H groups in total. The van der Waals surface area contributed by atoms with Gasteiger partial charge in [0.05, 0.1) is 6.04 Å². The Bertz CT molecular complexity index is 789. The predicted molar refractivity (Wildman–Crippen MR) is 151 cm³/mol. The van der Waals surface area contributed by atoms with Crippen LogP contribution in [0.2, 0.25) is 0 Å². The molecule has 0 fully saturated rings. The Hall–Kier alpha value is -2.65. The molecular weight excluding hydrogens is 430 g/mol. The molecule has 192 valence electrons. The molecule has 0 spiro atoms. The maximum absolute atomic E-state index is 12.5. The molecule has 0 aliphatic rings. The van der Waals surface area contributed by atoms with Gasteiger partial charge in [-0.25, -0.2) is 0 Å². The second-order valence-corrected chi connectivity index (χ2v) is 8.61. The first-order valence-electron chi connectivity index (χ1n) is 13.4. The molecule has 0 aromatic heterocycles. The monoisotopic (exact) mass is 477 g/mol. The van der Waals surface area contributed by atoms with Gasteiger partial charge in [0.1, 0.15) is 6.10 Å². The van der Waals surface area contributed by atoms with E-state index >= 15 is 0 Å². The minimum atomic E-state index is -0.380. The van der Waals surface area contributed by atoms with Gasteiger partial charge in [0.15, 0.2) is 0 Å². The Morgan fingerprint density at radius 1 is 0.800 bits per heavy atom. The van der Waals surface area contributed by atoms with Crippen LogP contribution in [0.3, 0.4) is 0 Å². The molecule has 2 atom stereocenters. The van der Waals surface area contributed by atoms with Crippen molar-refractivity contribution < 1.29 is 9.53 Å². The van der Waals surface area contributed by atoms with Gasteiger partial charge in [0.25, 0.3) is 0 Å². The summed E-state index contributed by atoms with van der Waals surface area (Å²) in [6, 6.07) is 10.0. The first-order chi connectivity index (χ1) is 17.2. The first-order valence-corrected chi connectivity index (χ1v) is 13.4. The summed E-state index contributed by atoms with van der Waals surface area (Å²) in [5.41, 5.74) is 1.10. The zero-order valence-corrected chi connectivity index (χ0v) is 22.2. The maximum atomic E-state index is 12.5. The van der Waals surface area contributed by atoms with E-state index in [0.29, 0.717) is 13.0 Å². The highest BCUT2D eigenvalue weighted by Crippen LogP contribution is 2.12. The van der Waals surface area contributed by atoms with E-state index in [1.54, 1.807) is 0 Å². The molecule has 0 aliphatic heterocycles. The fraction of sp³-hybridized carbons (Fsp3) is 0.469. The van der Waals surface area contributed by atoms with Crippen LogP contribution in [0, 0.1) is 0 Å². The number of ether oxygens (including phenoxy) is 1. The average molecular weight is 478 g/mol. The number of amides is 1. The van der Waals surface area contributed by atoms with Crippen molar-refractivity contribution in [1.29, 1.82) is 0 Å². The van der Waals surface area contributed by atoms with Crippen molar-refractivity contribution >= 4 is 5.91 Å². The quantitative estimate of drug-likeness (QED) is 0.160. The van der Waals surface area contributed by atoms with E-state index in [0.717, 1.165) is 56.9 Å². The van der Waals surface area contributed by atoms with E-state index in [2.05, 4.69) is 73.0 Å². The van der Waals surface area contributed by atoms with Gasteiger partial charge >= 0.3 is 0 Å². The summed E-state index contributed by atoms with van der Waals surface area (Å²) >= 11 is 0. The Kier molecular flexibility index (Phi) is 19.0. The van der Waals surface area contributed by atoms with Crippen molar-refractivity contribution in [3.8, 4) is 0 Å². The van der Waals surface area contributed by atoms with Crippen LogP contribution in [0.1, 0.15) is 90.2 Å². The van der Waals surface area contributed by atoms with Crippen LogP contribution in [0.15, 0.2) is 91.1 Å². The standard InChI is InChI=1S/C32H47NO2/c1-4-6-7-8-9-10-11-12-13-14-15-16-17-18-19-20-21-25-28-35-31(5-2)32(34)33-29(3)30-26-23-22-24-27-30/h6-7,9-10,12-13,15-16,18-19,22-24,26-27,29,31H,4-5,8,11,14,17,20-21,25,28H2,1-3H3,(H,33,34)/b7-6-,10-9-,13-12-,16-15-,19-18-/t29-,31?/m1/s1. The minimum Gasteiger partial charge on any atom is -0.368 e. The molecule has 1 aromatic rings. The highest BCUT2D eigenvalue weighted by atomic mass is 16.5. The van der Waals surface area contributed by atoms with E-state index in [4.69, 9.17) is 4.74 Å². The van der Waals surface area contributed by atoms with Crippen molar-refractivity contribution in [3.63, 3.8) is 0 Å². The Morgan fingerprint density at radius 2 is 1.34 bits per heavy atom. The minimum absolute atomic E-state index is 0.0170. The van der Waals surface area contributed by atoms with Gasteiger partial charge in [0.2, 0.25) is 5.91 Å². The molecule has 3 nitrogen and oxygen atoms in total. The molecular formula is C32H47NO2. The number of hydrogen-bond donors (Lipinski definition) is 1. The number of allylic oxidation sites excluding steroid dienone is 10. The third-order valence-electron chi connectivity index (χ3n) is 5.56. The van der Waals surface area contributed by atoms with E-state index < -0.39 is 0 Å². The van der Waals surface area contributed by atoms with Crippen molar-refractivity contribution in [1.82, 2.24) is 5.32 Å². The number of hydrogen-bond acceptors (Lipinski definition) is 2. The number of rotatable bonds is 19. The SMILES string of the molecule is CC/C=C\C/C=C\C/C=C\C/C=C\C/C=C\CCCCOC(CC)C(=O)N[C@H](C)c1ccccc1. The molecule has 1 aromatic carbocycles. The second kappa shape index (κ2) is 21.9. The zero-order chi connectivity index (χ0) is 25.4. The fourth-order valence-electron chi connectivity index (χ4n) is 3.47. The summed E-state index contributed by atoms with van der Waals surface area (Å²) in [4.78, 5) is 12.5. The third kappa shape index (κ3) is 16.6. The van der Waals surface area contributed by atoms with Crippen molar-refractivity contribution in [3.05, 3.63) is 96.7 Å². The van der Waals surface area contributed by atoms with Gasteiger partial charge in [0, 0.05) is 6.61 Å². The number of carbonyl (C=O) groups is 1. The van der Waals surface area contributed by atoms with Crippen LogP contribution in [-0.4, -0.2) is 18.6 Å². The van der Waals surface area contributed by atoms with Gasteiger partial charge in [-0.1, -0.05) is 105 Å². The molecule has 0 radical (unpaired) electrons. The Morgan fingerprint density at radius 3 is 1.89 bits per heavy atom. The van der Waals surface area contributed by atoms with E-state index in [1.807, 2.05) is 44.2 Å². The molecule has 0 heterocycles. The summed E-state index contributed by atoms with van der Waals surface area (Å²) in [5, 5.41) is 3.07. The lowest BCUT2D eigenvalue weighted by atomic mass is 10.1. The molecule has 0 bridgehead atoms. The highest BCUT2D eigenvalue weighted by molar-refractivity contribution is 5.81. The summed E-state index contributed by atoms with van der Waals surface area (Å²) in [7, 11) is 0. The smallest absolute Gasteiger partial charge is 0.249 e. The molecule has 0 saturated carbocycles. The van der Waals surface area contributed by atoms with E-state index in [9.17, 15) is 4.79 Å². The lowest BCUT2D eigenvalue weighted by Gasteiger charge is -2.20. The Balaban J connectivity index is 2.06. The average Bonchev–Trinajstić information content (AvgIpc) is 2.88. The second-order valence-electron chi connectivity index (χ2n) is 8.61. The van der Waals surface area contributed by atoms with Crippen LogP contribution in [-0.2, 0) is 9.53 Å². The molecule has 35 heavy (non-hydrogen) atoms. The summed E-state index contributed by atoms with van der Waals surface area (Å²) in [6.45, 7) is 6.78. The van der Waals surface area contributed by atoms with Gasteiger partial charge in [-0.3, -0.25) is 4.79 Å². The van der Waals surface area contributed by atoms with E-state index in [1.165, 1.54) is 0 Å². The van der Waals surface area contributed by atoms with Crippen LogP contribution in [0.5, 0.6) is 0 Å². The molecule has 1 amide bonds. The maximum Gasteiger partial charge on any atom is 0.249 e. The van der Waals surface area contributed by atoms with Gasteiger partial charge in [-0.15, -0.1) is 0 Å². The first kappa shape index (κ1) is 30.4. The van der Waals surface area contributed by atoms with Crippen LogP contribution in [0.4, 0.5) is 0 Å². The van der Waals surface area contributed by atoms with Gasteiger partial charge in [-0.05, 0) is 70.3 Å². The van der Waals surface area contributed by atoms with Gasteiger partial charge < -0.3 is 10.1 Å². The van der Waals surface area contributed by atoms with E-state index in [-0.39, 0.29) is 18.1 Å². The molecule has 0 saturated heterocycles. The number of nitrogens with one attached hydrogen (secondary N) is 1.